The number of para-hydroxylation sites is 1. The Morgan fingerprint density at radius 3 is 2.36 bits per heavy atom. The lowest BCUT2D eigenvalue weighted by Gasteiger charge is -2.36. The summed E-state index contributed by atoms with van der Waals surface area (Å²) in [4.78, 5) is 67.2. The lowest BCUT2D eigenvalue weighted by Crippen LogP contribution is -2.44. The van der Waals surface area contributed by atoms with E-state index in [1.54, 1.807) is 0 Å². The highest BCUT2D eigenvalue weighted by Crippen LogP contribution is 2.36. The molecule has 4 aliphatic rings. The summed E-state index contributed by atoms with van der Waals surface area (Å²) in [5, 5.41) is 28.5. The molecular formula is C57H63N9O6S. The van der Waals surface area contributed by atoms with Crippen molar-refractivity contribution in [3.63, 3.8) is 0 Å². The minimum absolute atomic E-state index is 0.0272. The molecule has 3 saturated heterocycles. The van der Waals surface area contributed by atoms with Crippen molar-refractivity contribution < 1.29 is 29.0 Å². The summed E-state index contributed by atoms with van der Waals surface area (Å²) in [6, 6.07) is 29.3. The minimum atomic E-state index is -1.11. The second-order valence-corrected chi connectivity index (χ2v) is 20.9. The van der Waals surface area contributed by atoms with Crippen LogP contribution in [0.5, 0.6) is 5.75 Å². The van der Waals surface area contributed by atoms with Gasteiger partial charge in [-0.3, -0.25) is 25.0 Å². The van der Waals surface area contributed by atoms with E-state index in [9.17, 15) is 24.3 Å². The highest BCUT2D eigenvalue weighted by atomic mass is 32.1. The maximum absolute atomic E-state index is 13.7. The summed E-state index contributed by atoms with van der Waals surface area (Å²) in [6.45, 7) is 9.98. The van der Waals surface area contributed by atoms with Gasteiger partial charge in [-0.25, -0.2) is 14.8 Å². The number of rotatable bonds is 16. The van der Waals surface area contributed by atoms with Gasteiger partial charge in [0.15, 0.2) is 10.8 Å². The number of anilines is 3. The van der Waals surface area contributed by atoms with E-state index >= 15 is 0 Å². The van der Waals surface area contributed by atoms with E-state index in [0.29, 0.717) is 72.0 Å². The number of fused-ring (bicyclic) bond motifs is 2. The monoisotopic (exact) mass is 1000 g/mol. The largest absolute Gasteiger partial charge is 0.493 e. The Labute approximate surface area is 429 Å². The van der Waals surface area contributed by atoms with Gasteiger partial charge in [-0.15, -0.1) is 0 Å². The standard InChI is InChI=1S/C57H63N9O6S/c1-35-40(41-15-17-50(61-53(41)56(70)71)66-29-23-38-7-5-9-42(45(38)34-66)54(68)63-57-60-46-10-3-4-12-49(46)73-57)8-6-11-48(35)72-32-24-36-19-25-64(26-20-36)30-31-65-27-21-37(22-28-65)39-13-14-43(47(33-39)59-2)52(58)44-16-18-51(67)62-55(44)69/h3-15,17,33,36-37,44,58-59H,16,18-32,34H2,1-2H3,(H,70,71)(H,60,63,68)(H,62,67,69). The van der Waals surface area contributed by atoms with E-state index < -0.39 is 11.9 Å². The van der Waals surface area contributed by atoms with E-state index in [4.69, 9.17) is 15.1 Å². The lowest BCUT2D eigenvalue weighted by molar-refractivity contribution is -0.134. The zero-order valence-corrected chi connectivity index (χ0v) is 42.4. The van der Waals surface area contributed by atoms with Gasteiger partial charge in [0.05, 0.1) is 28.5 Å². The average molecular weight is 1000 g/mol. The molecule has 4 aromatic carbocycles. The molecule has 3 amide bonds. The Hall–Kier alpha value is -7.01. The van der Waals surface area contributed by atoms with Crippen molar-refractivity contribution in [1.82, 2.24) is 25.1 Å². The molecule has 4 aliphatic heterocycles. The molecule has 2 aromatic heterocycles. The van der Waals surface area contributed by atoms with Gasteiger partial charge in [0.2, 0.25) is 11.8 Å². The second-order valence-electron chi connectivity index (χ2n) is 19.9. The van der Waals surface area contributed by atoms with E-state index in [0.717, 1.165) is 115 Å². The number of likely N-dealkylation sites (tertiary alicyclic amines) is 2. The van der Waals surface area contributed by atoms with Gasteiger partial charge in [0, 0.05) is 62.0 Å². The molecule has 3 fully saturated rings. The molecular weight excluding hydrogens is 939 g/mol. The molecule has 10 rings (SSSR count). The van der Waals surface area contributed by atoms with Crippen LogP contribution in [0.2, 0.25) is 0 Å². The fourth-order valence-corrected chi connectivity index (χ4v) is 12.0. The van der Waals surface area contributed by atoms with Crippen molar-refractivity contribution in [2.75, 3.05) is 75.0 Å². The van der Waals surface area contributed by atoms with Crippen LogP contribution in [-0.4, -0.2) is 114 Å². The number of aromatic carboxylic acids is 1. The van der Waals surface area contributed by atoms with Crippen LogP contribution in [0.4, 0.5) is 16.6 Å². The quantitative estimate of drug-likeness (QED) is 0.0457. The Bertz CT molecular complexity index is 3030. The van der Waals surface area contributed by atoms with E-state index in [1.165, 1.54) is 16.9 Å². The molecule has 15 nitrogen and oxygen atoms in total. The molecule has 378 valence electrons. The first-order chi connectivity index (χ1) is 35.5. The van der Waals surface area contributed by atoms with Gasteiger partial charge in [0.25, 0.3) is 5.91 Å². The van der Waals surface area contributed by atoms with Gasteiger partial charge in [-0.1, -0.05) is 59.9 Å². The normalized spacial score (nSPS) is 18.1. The molecule has 0 radical (unpaired) electrons. The molecule has 16 heteroatoms. The number of imide groups is 1. The topological polar surface area (TPSA) is 193 Å². The second kappa shape index (κ2) is 22.0. The van der Waals surface area contributed by atoms with E-state index in [1.807, 2.05) is 97.7 Å². The number of piperidine rings is 3. The summed E-state index contributed by atoms with van der Waals surface area (Å²) >= 11 is 1.44. The number of hydrogen-bond donors (Lipinski definition) is 5. The predicted octanol–water partition coefficient (Wildman–Crippen LogP) is 9.00. The number of benzene rings is 4. The van der Waals surface area contributed by atoms with Crippen molar-refractivity contribution in [1.29, 1.82) is 5.41 Å². The number of hydrogen-bond acceptors (Lipinski definition) is 13. The lowest BCUT2D eigenvalue weighted by atomic mass is 9.85. The third-order valence-corrected chi connectivity index (χ3v) is 16.4. The van der Waals surface area contributed by atoms with Crippen molar-refractivity contribution >= 4 is 67.6 Å². The van der Waals surface area contributed by atoms with E-state index in [-0.39, 0.29) is 35.5 Å². The number of thiazole rings is 1. The number of carboxylic acid groups (broad SMARTS) is 1. The zero-order valence-electron chi connectivity index (χ0n) is 41.5. The fourth-order valence-electron chi connectivity index (χ4n) is 11.2. The van der Waals surface area contributed by atoms with Crippen molar-refractivity contribution in [3.8, 4) is 16.9 Å². The Morgan fingerprint density at radius 2 is 1.60 bits per heavy atom. The van der Waals surface area contributed by atoms with Crippen molar-refractivity contribution in [3.05, 3.63) is 130 Å². The molecule has 0 spiro atoms. The molecule has 6 heterocycles. The zero-order chi connectivity index (χ0) is 50.6. The van der Waals surface area contributed by atoms with Gasteiger partial charge < -0.3 is 35.3 Å². The number of carbonyl (C=O) groups is 4. The van der Waals surface area contributed by atoms with Crippen molar-refractivity contribution in [2.45, 2.75) is 70.8 Å². The molecule has 1 atom stereocenters. The molecule has 6 aromatic rings. The number of carboxylic acids is 1. The fraction of sp³-hybridized carbons (Fsp3) is 0.386. The van der Waals surface area contributed by atoms with Gasteiger partial charge in [0.1, 0.15) is 11.6 Å². The molecule has 5 N–H and O–H groups in total. The summed E-state index contributed by atoms with van der Waals surface area (Å²) in [6.07, 6.45) is 6.70. The van der Waals surface area contributed by atoms with Crippen molar-refractivity contribution in [2.24, 2.45) is 11.8 Å². The first-order valence-corrected chi connectivity index (χ1v) is 26.5. The molecule has 0 saturated carbocycles. The van der Waals surface area contributed by atoms with E-state index in [2.05, 4.69) is 42.9 Å². The number of nitrogens with zero attached hydrogens (tertiary/aromatic N) is 5. The molecule has 1 unspecified atom stereocenters. The Kier molecular flexibility index (Phi) is 14.9. The number of carbonyl (C=O) groups excluding carboxylic acids is 3. The van der Waals surface area contributed by atoms with Gasteiger partial charge >= 0.3 is 5.97 Å². The van der Waals surface area contributed by atoms with Gasteiger partial charge in [-0.05, 0) is 160 Å². The first kappa shape index (κ1) is 49.6. The number of nitrogens with one attached hydrogen (secondary N) is 4. The number of amides is 3. The maximum atomic E-state index is 13.7. The molecule has 0 bridgehead atoms. The predicted molar refractivity (Wildman–Crippen MR) is 287 cm³/mol. The van der Waals surface area contributed by atoms with Gasteiger partial charge in [-0.2, -0.15) is 0 Å². The maximum Gasteiger partial charge on any atom is 0.355 e. The highest BCUT2D eigenvalue weighted by Gasteiger charge is 2.33. The highest BCUT2D eigenvalue weighted by molar-refractivity contribution is 7.22. The summed E-state index contributed by atoms with van der Waals surface area (Å²) in [5.41, 5.74) is 8.61. The van der Waals surface area contributed by atoms with Crippen LogP contribution < -0.4 is 25.6 Å². The van der Waals surface area contributed by atoms with Crippen LogP contribution in [0.15, 0.2) is 91.0 Å². The number of pyridine rings is 1. The first-order valence-electron chi connectivity index (χ1n) is 25.7. The summed E-state index contributed by atoms with van der Waals surface area (Å²) in [7, 11) is 1.85. The minimum Gasteiger partial charge on any atom is -0.493 e. The van der Waals surface area contributed by atoms with Crippen LogP contribution in [0.1, 0.15) is 99.5 Å². The third-order valence-electron chi connectivity index (χ3n) is 15.5. The molecule has 73 heavy (non-hydrogen) atoms. The average Bonchev–Trinajstić information content (AvgIpc) is 3.83. The third kappa shape index (κ3) is 11.0. The number of aromatic nitrogens is 2. The van der Waals surface area contributed by atoms with Crippen LogP contribution >= 0.6 is 11.3 Å². The Balaban J connectivity index is 0.685. The number of ether oxygens (including phenoxy) is 1. The van der Waals surface area contributed by atoms with Crippen LogP contribution in [0.3, 0.4) is 0 Å². The summed E-state index contributed by atoms with van der Waals surface area (Å²) < 4.78 is 7.42. The Morgan fingerprint density at radius 1 is 0.836 bits per heavy atom. The summed E-state index contributed by atoms with van der Waals surface area (Å²) in [5.74, 6) is -0.294. The SMILES string of the molecule is CNc1cc(C2CCN(CCN3CCC(CCOc4cccc(-c5ccc(N6CCc7cccc(C(=O)Nc8nc9ccccc9s8)c7C6)nc5C(=O)O)c4C)CC3)CC2)ccc1C(=N)C1CCC(=O)NC1=O. The van der Waals surface area contributed by atoms with Crippen LogP contribution in [0.25, 0.3) is 21.3 Å². The smallest absolute Gasteiger partial charge is 0.355 e. The van der Waals surface area contributed by atoms with Crippen LogP contribution in [0, 0.1) is 24.2 Å². The molecule has 0 aliphatic carbocycles. The van der Waals surface area contributed by atoms with Crippen LogP contribution in [-0.2, 0) is 22.6 Å².